The molecule has 1 N–H and O–H groups in total. The van der Waals surface area contributed by atoms with Gasteiger partial charge >= 0.3 is 5.97 Å². The van der Waals surface area contributed by atoms with E-state index in [9.17, 15) is 18.4 Å². The minimum absolute atomic E-state index is 0.321. The predicted molar refractivity (Wildman–Crippen MR) is 84.8 cm³/mol. The lowest BCUT2D eigenvalue weighted by Gasteiger charge is -2.12. The molecule has 0 saturated carbocycles. The maximum Gasteiger partial charge on any atom is 0.344 e. The molecule has 0 radical (unpaired) electrons. The SMILES string of the molecule is COc1ccc(NC(=O)COC(=O)c2c(F)cccc2F)c(OC)c1. The average molecular weight is 351 g/mol. The maximum absolute atomic E-state index is 13.5. The third kappa shape index (κ3) is 4.43. The lowest BCUT2D eigenvalue weighted by atomic mass is 10.2. The highest BCUT2D eigenvalue weighted by atomic mass is 19.1. The van der Waals surface area contributed by atoms with Crippen molar-refractivity contribution in [3.05, 3.63) is 53.6 Å². The molecule has 6 nitrogen and oxygen atoms in total. The maximum atomic E-state index is 13.5. The molecule has 1 amide bonds. The van der Waals surface area contributed by atoms with Gasteiger partial charge in [0.15, 0.2) is 6.61 Å². The summed E-state index contributed by atoms with van der Waals surface area (Å²) in [5.74, 6) is -3.25. The van der Waals surface area contributed by atoms with Gasteiger partial charge in [0.05, 0.1) is 19.9 Å². The molecule has 2 aromatic rings. The van der Waals surface area contributed by atoms with Gasteiger partial charge in [-0.1, -0.05) is 6.07 Å². The molecule has 132 valence electrons. The third-order valence-electron chi connectivity index (χ3n) is 3.18. The van der Waals surface area contributed by atoms with Gasteiger partial charge in [0.2, 0.25) is 0 Å². The van der Waals surface area contributed by atoms with Gasteiger partial charge in [-0.15, -0.1) is 0 Å². The minimum atomic E-state index is -1.27. The summed E-state index contributed by atoms with van der Waals surface area (Å²) in [6.45, 7) is -0.720. The van der Waals surface area contributed by atoms with E-state index in [1.54, 1.807) is 12.1 Å². The van der Waals surface area contributed by atoms with E-state index < -0.39 is 35.7 Å². The van der Waals surface area contributed by atoms with Gasteiger partial charge in [-0.25, -0.2) is 13.6 Å². The number of carbonyl (C=O) groups excluding carboxylic acids is 2. The van der Waals surface area contributed by atoms with E-state index in [0.717, 1.165) is 18.2 Å². The molecule has 2 rings (SSSR count). The smallest absolute Gasteiger partial charge is 0.344 e. The predicted octanol–water partition coefficient (Wildman–Crippen LogP) is 2.78. The molecule has 8 heteroatoms. The Hall–Kier alpha value is -3.16. The standard InChI is InChI=1S/C17H15F2NO5/c1-23-10-6-7-13(14(8-10)24-2)20-15(21)9-25-17(22)16-11(18)4-3-5-12(16)19/h3-8H,9H2,1-2H3,(H,20,21). The molecule has 25 heavy (non-hydrogen) atoms. The Morgan fingerprint density at radius 2 is 1.72 bits per heavy atom. The van der Waals surface area contributed by atoms with Crippen molar-refractivity contribution in [2.45, 2.75) is 0 Å². The van der Waals surface area contributed by atoms with Crippen LogP contribution in [0, 0.1) is 11.6 Å². The summed E-state index contributed by atoms with van der Waals surface area (Å²) in [4.78, 5) is 23.6. The number of esters is 1. The summed E-state index contributed by atoms with van der Waals surface area (Å²) >= 11 is 0. The van der Waals surface area contributed by atoms with E-state index in [1.165, 1.54) is 20.3 Å². The molecule has 0 fully saturated rings. The van der Waals surface area contributed by atoms with Crippen LogP contribution in [0.5, 0.6) is 11.5 Å². The second kappa shape index (κ2) is 8.09. The molecule has 0 aliphatic carbocycles. The highest BCUT2D eigenvalue weighted by Crippen LogP contribution is 2.28. The van der Waals surface area contributed by atoms with E-state index in [4.69, 9.17) is 9.47 Å². The first kappa shape index (κ1) is 18.2. The largest absolute Gasteiger partial charge is 0.497 e. The van der Waals surface area contributed by atoms with Gasteiger partial charge in [-0.2, -0.15) is 0 Å². The molecule has 2 aromatic carbocycles. The van der Waals surface area contributed by atoms with Gasteiger partial charge in [-0.05, 0) is 24.3 Å². The molecular formula is C17H15F2NO5. The van der Waals surface area contributed by atoms with Crippen LogP contribution in [0.25, 0.3) is 0 Å². The van der Waals surface area contributed by atoms with Crippen molar-refractivity contribution in [3.63, 3.8) is 0 Å². The fraction of sp³-hybridized carbons (Fsp3) is 0.176. The van der Waals surface area contributed by atoms with Gasteiger partial charge in [0.1, 0.15) is 28.7 Å². The summed E-state index contributed by atoms with van der Waals surface area (Å²) in [6, 6.07) is 7.64. The van der Waals surface area contributed by atoms with Crippen LogP contribution in [0.2, 0.25) is 0 Å². The van der Waals surface area contributed by atoms with E-state index in [-0.39, 0.29) is 0 Å². The Bertz CT molecular complexity index is 774. The summed E-state index contributed by atoms with van der Waals surface area (Å²) in [7, 11) is 2.89. The number of hydrogen-bond acceptors (Lipinski definition) is 5. The fourth-order valence-electron chi connectivity index (χ4n) is 1.98. The molecule has 0 unspecified atom stereocenters. The van der Waals surface area contributed by atoms with Crippen LogP contribution < -0.4 is 14.8 Å². The summed E-state index contributed by atoms with van der Waals surface area (Å²) < 4.78 is 41.7. The Labute approximate surface area is 142 Å². The number of benzene rings is 2. The number of nitrogens with one attached hydrogen (secondary N) is 1. The number of carbonyl (C=O) groups is 2. The number of ether oxygens (including phenoxy) is 3. The lowest BCUT2D eigenvalue weighted by molar-refractivity contribution is -0.119. The molecule has 0 heterocycles. The first-order valence-electron chi connectivity index (χ1n) is 7.09. The third-order valence-corrected chi connectivity index (χ3v) is 3.18. The van der Waals surface area contributed by atoms with E-state index in [1.807, 2.05) is 0 Å². The normalized spacial score (nSPS) is 10.1. The summed E-state index contributed by atoms with van der Waals surface area (Å²) in [5.41, 5.74) is -0.529. The molecule has 0 aliphatic heterocycles. The second-order valence-electron chi connectivity index (χ2n) is 4.79. The van der Waals surface area contributed by atoms with Crippen molar-refractivity contribution in [1.29, 1.82) is 0 Å². The van der Waals surface area contributed by atoms with Crippen LogP contribution in [-0.4, -0.2) is 32.7 Å². The number of amides is 1. The number of halogens is 2. The van der Waals surface area contributed by atoms with Crippen LogP contribution in [0.4, 0.5) is 14.5 Å². The molecule has 0 aromatic heterocycles. The fourth-order valence-corrected chi connectivity index (χ4v) is 1.98. The molecule has 0 bridgehead atoms. The summed E-state index contributed by atoms with van der Waals surface area (Å²) in [5, 5.41) is 2.46. The topological polar surface area (TPSA) is 73.9 Å². The lowest BCUT2D eigenvalue weighted by Crippen LogP contribution is -2.22. The van der Waals surface area contributed by atoms with Gasteiger partial charge in [0, 0.05) is 6.07 Å². The highest BCUT2D eigenvalue weighted by molar-refractivity contribution is 5.96. The van der Waals surface area contributed by atoms with E-state index in [0.29, 0.717) is 17.2 Å². The van der Waals surface area contributed by atoms with Gasteiger partial charge in [0.25, 0.3) is 5.91 Å². The summed E-state index contributed by atoms with van der Waals surface area (Å²) in [6.07, 6.45) is 0. The first-order valence-corrected chi connectivity index (χ1v) is 7.09. The number of anilines is 1. The Kier molecular flexibility index (Phi) is 5.89. The Morgan fingerprint density at radius 1 is 1.04 bits per heavy atom. The van der Waals surface area contributed by atoms with E-state index >= 15 is 0 Å². The highest BCUT2D eigenvalue weighted by Gasteiger charge is 2.19. The zero-order valence-corrected chi connectivity index (χ0v) is 13.5. The van der Waals surface area contributed by atoms with Crippen molar-refractivity contribution >= 4 is 17.6 Å². The zero-order chi connectivity index (χ0) is 18.4. The average Bonchev–Trinajstić information content (AvgIpc) is 2.60. The number of rotatable bonds is 6. The first-order chi connectivity index (χ1) is 12.0. The molecule has 0 aliphatic rings. The van der Waals surface area contributed by atoms with Crippen molar-refractivity contribution in [1.82, 2.24) is 0 Å². The van der Waals surface area contributed by atoms with Crippen LogP contribution in [0.1, 0.15) is 10.4 Å². The van der Waals surface area contributed by atoms with Crippen LogP contribution in [0.15, 0.2) is 36.4 Å². The van der Waals surface area contributed by atoms with Crippen molar-refractivity contribution in [3.8, 4) is 11.5 Å². The zero-order valence-electron chi connectivity index (χ0n) is 13.5. The van der Waals surface area contributed by atoms with Crippen LogP contribution in [0.3, 0.4) is 0 Å². The van der Waals surface area contributed by atoms with Crippen LogP contribution in [-0.2, 0) is 9.53 Å². The quantitative estimate of drug-likeness (QED) is 0.810. The molecule has 0 atom stereocenters. The number of methoxy groups -OCH3 is 2. The van der Waals surface area contributed by atoms with E-state index in [2.05, 4.69) is 10.1 Å². The minimum Gasteiger partial charge on any atom is -0.497 e. The molecule has 0 saturated heterocycles. The van der Waals surface area contributed by atoms with Crippen molar-refractivity contribution < 1.29 is 32.6 Å². The van der Waals surface area contributed by atoms with Crippen LogP contribution >= 0.6 is 0 Å². The monoisotopic (exact) mass is 351 g/mol. The second-order valence-corrected chi connectivity index (χ2v) is 4.79. The molecular weight excluding hydrogens is 336 g/mol. The Morgan fingerprint density at radius 3 is 2.32 bits per heavy atom. The molecule has 0 spiro atoms. The van der Waals surface area contributed by atoms with Crippen molar-refractivity contribution in [2.24, 2.45) is 0 Å². The Balaban J connectivity index is 2.00. The van der Waals surface area contributed by atoms with Crippen molar-refractivity contribution in [2.75, 3.05) is 26.1 Å². The number of hydrogen-bond donors (Lipinski definition) is 1. The van der Waals surface area contributed by atoms with Gasteiger partial charge < -0.3 is 19.5 Å². The van der Waals surface area contributed by atoms with Gasteiger partial charge in [-0.3, -0.25) is 4.79 Å².